The first-order valence-electron chi connectivity index (χ1n) is 11.8. The number of hydrogen-bond donors (Lipinski definition) is 1. The van der Waals surface area contributed by atoms with E-state index in [1.54, 1.807) is 0 Å². The summed E-state index contributed by atoms with van der Waals surface area (Å²) in [6.45, 7) is 9.60. The van der Waals surface area contributed by atoms with E-state index in [9.17, 15) is 4.79 Å². The lowest BCUT2D eigenvalue weighted by Crippen LogP contribution is -2.13. The second-order valence-corrected chi connectivity index (χ2v) is 8.88. The van der Waals surface area contributed by atoms with Crippen molar-refractivity contribution in [2.45, 2.75) is 66.3 Å². The Kier molecular flexibility index (Phi) is 8.15. The Balaban J connectivity index is 2.09. The van der Waals surface area contributed by atoms with Gasteiger partial charge >= 0.3 is 0 Å². The van der Waals surface area contributed by atoms with Gasteiger partial charge < -0.3 is 15.0 Å². The van der Waals surface area contributed by atoms with Crippen LogP contribution in [0.5, 0.6) is 11.5 Å². The van der Waals surface area contributed by atoms with Crippen LogP contribution in [0.1, 0.15) is 68.2 Å². The van der Waals surface area contributed by atoms with Crippen LogP contribution in [0.15, 0.2) is 54.6 Å². The summed E-state index contributed by atoms with van der Waals surface area (Å²) in [5.41, 5.74) is 10.7. The zero-order valence-electron chi connectivity index (χ0n) is 19.9. The Morgan fingerprint density at radius 3 is 2.41 bits per heavy atom. The predicted octanol–water partition coefficient (Wildman–Crippen LogP) is 7.13. The largest absolute Gasteiger partial charge is 0.457 e. The van der Waals surface area contributed by atoms with Gasteiger partial charge in [0.05, 0.1) is 5.56 Å². The topological polar surface area (TPSA) is 57.2 Å². The minimum Gasteiger partial charge on any atom is -0.457 e. The summed E-state index contributed by atoms with van der Waals surface area (Å²) in [5.74, 6) is 1.75. The quantitative estimate of drug-likeness (QED) is 0.328. The first kappa shape index (κ1) is 23.6. The van der Waals surface area contributed by atoms with Gasteiger partial charge in [0.25, 0.3) is 5.91 Å². The number of carbonyl (C=O) groups is 1. The summed E-state index contributed by atoms with van der Waals surface area (Å²) in [6.07, 6.45) is 5.40. The van der Waals surface area contributed by atoms with Gasteiger partial charge in [-0.3, -0.25) is 4.79 Å². The third-order valence-corrected chi connectivity index (χ3v) is 5.93. The summed E-state index contributed by atoms with van der Waals surface area (Å²) in [7, 11) is 0. The zero-order chi connectivity index (χ0) is 23.1. The monoisotopic (exact) mass is 432 g/mol. The van der Waals surface area contributed by atoms with E-state index in [2.05, 4.69) is 31.4 Å². The average molecular weight is 433 g/mol. The molecule has 2 aromatic carbocycles. The lowest BCUT2D eigenvalue weighted by Gasteiger charge is -2.15. The van der Waals surface area contributed by atoms with Crippen molar-refractivity contribution in [3.05, 3.63) is 71.5 Å². The third-order valence-electron chi connectivity index (χ3n) is 5.93. The van der Waals surface area contributed by atoms with Crippen LogP contribution >= 0.6 is 0 Å². The highest BCUT2D eigenvalue weighted by molar-refractivity contribution is 6.02. The van der Waals surface area contributed by atoms with Crippen molar-refractivity contribution in [2.24, 2.45) is 11.7 Å². The summed E-state index contributed by atoms with van der Waals surface area (Å²) in [4.78, 5) is 12.6. The van der Waals surface area contributed by atoms with Crippen molar-refractivity contribution >= 4 is 5.91 Å². The second-order valence-electron chi connectivity index (χ2n) is 8.88. The van der Waals surface area contributed by atoms with Crippen LogP contribution in [0.4, 0.5) is 0 Å². The maximum absolute atomic E-state index is 12.6. The molecule has 1 amide bonds. The number of rotatable bonds is 11. The fourth-order valence-corrected chi connectivity index (χ4v) is 4.24. The van der Waals surface area contributed by atoms with Gasteiger partial charge in [-0.15, -0.1) is 0 Å². The molecule has 3 aromatic rings. The first-order chi connectivity index (χ1) is 15.4. The molecule has 170 valence electrons. The molecule has 0 aliphatic carbocycles. The van der Waals surface area contributed by atoms with Crippen LogP contribution < -0.4 is 10.5 Å². The van der Waals surface area contributed by atoms with E-state index < -0.39 is 0 Å². The number of amides is 1. The van der Waals surface area contributed by atoms with E-state index >= 15 is 0 Å². The van der Waals surface area contributed by atoms with E-state index in [0.29, 0.717) is 11.5 Å². The van der Waals surface area contributed by atoms with Gasteiger partial charge in [0.2, 0.25) is 0 Å². The molecule has 0 aliphatic heterocycles. The maximum Gasteiger partial charge on any atom is 0.251 e. The van der Waals surface area contributed by atoms with Crippen LogP contribution in [0, 0.1) is 12.8 Å². The number of hydrogen-bond acceptors (Lipinski definition) is 2. The number of nitrogens with zero attached hydrogens (tertiary/aromatic N) is 1. The van der Waals surface area contributed by atoms with Crippen molar-refractivity contribution in [1.82, 2.24) is 4.57 Å². The van der Waals surface area contributed by atoms with Crippen molar-refractivity contribution in [2.75, 3.05) is 0 Å². The molecular formula is C28H36N2O2. The van der Waals surface area contributed by atoms with E-state index in [1.807, 2.05) is 55.5 Å². The second kappa shape index (κ2) is 11.0. The number of primary amides is 1. The summed E-state index contributed by atoms with van der Waals surface area (Å²) in [5, 5.41) is 0. The Bertz CT molecular complexity index is 1040. The number of unbranched alkanes of at least 4 members (excludes halogenated alkanes) is 2. The smallest absolute Gasteiger partial charge is 0.251 e. The molecule has 0 saturated heterocycles. The molecular weight excluding hydrogens is 396 g/mol. The highest BCUT2D eigenvalue weighted by atomic mass is 16.5. The molecule has 3 rings (SSSR count). The number of carbonyl (C=O) groups excluding carboxylic acids is 1. The Hall–Kier alpha value is -3.01. The highest BCUT2D eigenvalue weighted by Crippen LogP contribution is 2.36. The van der Waals surface area contributed by atoms with Crippen LogP contribution in [-0.2, 0) is 13.0 Å². The molecule has 0 spiro atoms. The summed E-state index contributed by atoms with van der Waals surface area (Å²) < 4.78 is 8.40. The molecule has 0 aliphatic rings. The van der Waals surface area contributed by atoms with Crippen LogP contribution in [0.25, 0.3) is 11.1 Å². The van der Waals surface area contributed by atoms with Gasteiger partial charge in [-0.25, -0.2) is 0 Å². The van der Waals surface area contributed by atoms with Crippen LogP contribution in [-0.4, -0.2) is 10.5 Å². The van der Waals surface area contributed by atoms with Gasteiger partial charge in [-0.2, -0.15) is 0 Å². The molecule has 0 radical (unpaired) electrons. The van der Waals surface area contributed by atoms with Crippen LogP contribution in [0.3, 0.4) is 0 Å². The number of aromatic nitrogens is 1. The number of nitrogens with two attached hydrogens (primary N) is 1. The van der Waals surface area contributed by atoms with Gasteiger partial charge in [0.1, 0.15) is 11.5 Å². The molecule has 0 atom stereocenters. The molecule has 0 fully saturated rings. The van der Waals surface area contributed by atoms with Gasteiger partial charge in [0.15, 0.2) is 0 Å². The number of benzene rings is 2. The number of ether oxygens (including phenoxy) is 1. The minimum absolute atomic E-state index is 0.369. The van der Waals surface area contributed by atoms with E-state index in [4.69, 9.17) is 10.5 Å². The van der Waals surface area contributed by atoms with E-state index in [1.165, 1.54) is 5.69 Å². The first-order valence-corrected chi connectivity index (χ1v) is 11.8. The lowest BCUT2D eigenvalue weighted by molar-refractivity contribution is 0.1000. The molecule has 4 heteroatoms. The molecule has 0 bridgehead atoms. The lowest BCUT2D eigenvalue weighted by atomic mass is 9.97. The Labute approximate surface area is 192 Å². The van der Waals surface area contributed by atoms with Crippen LogP contribution in [0.2, 0.25) is 0 Å². The van der Waals surface area contributed by atoms with E-state index in [-0.39, 0.29) is 5.91 Å². The molecule has 0 unspecified atom stereocenters. The van der Waals surface area contributed by atoms with Gasteiger partial charge in [-0.05, 0) is 61.9 Å². The fraction of sp³-hybridized carbons (Fsp3) is 0.393. The molecule has 2 N–H and O–H groups in total. The summed E-state index contributed by atoms with van der Waals surface area (Å²) >= 11 is 0. The fourth-order valence-electron chi connectivity index (χ4n) is 4.24. The Morgan fingerprint density at radius 2 is 1.75 bits per heavy atom. The molecule has 4 nitrogen and oxygen atoms in total. The average Bonchev–Trinajstić information content (AvgIpc) is 3.05. The summed E-state index contributed by atoms with van der Waals surface area (Å²) in [6, 6.07) is 17.7. The van der Waals surface area contributed by atoms with Crippen molar-refractivity contribution in [3.8, 4) is 22.6 Å². The molecule has 1 aromatic heterocycles. The Morgan fingerprint density at radius 1 is 1.03 bits per heavy atom. The zero-order valence-corrected chi connectivity index (χ0v) is 19.9. The normalized spacial score (nSPS) is 11.2. The highest BCUT2D eigenvalue weighted by Gasteiger charge is 2.25. The molecule has 0 saturated carbocycles. The van der Waals surface area contributed by atoms with E-state index in [0.717, 1.165) is 67.0 Å². The van der Waals surface area contributed by atoms with Crippen molar-refractivity contribution in [1.29, 1.82) is 0 Å². The van der Waals surface area contributed by atoms with Gasteiger partial charge in [-0.1, -0.05) is 63.9 Å². The van der Waals surface area contributed by atoms with Crippen molar-refractivity contribution < 1.29 is 9.53 Å². The minimum atomic E-state index is -0.369. The number of para-hydroxylation sites is 1. The SMILES string of the molecule is CCCCCc1c(-c2cccc(Oc3ccccc3)c2)c(C(N)=O)c(C)n1CCC(C)C. The molecule has 32 heavy (non-hydrogen) atoms. The molecule has 1 heterocycles. The standard InChI is InChI=1S/C28H36N2O2/c1-5-6-8-16-25-27(26(28(29)31)21(4)30(25)18-17-20(2)3)22-12-11-15-24(19-22)32-23-13-9-7-10-14-23/h7,9-15,19-20H,5-6,8,16-18H2,1-4H3,(H2,29,31). The third kappa shape index (κ3) is 5.61. The van der Waals surface area contributed by atoms with Crippen molar-refractivity contribution in [3.63, 3.8) is 0 Å². The van der Waals surface area contributed by atoms with Gasteiger partial charge in [0, 0.05) is 23.5 Å². The predicted molar refractivity (Wildman–Crippen MR) is 132 cm³/mol. The maximum atomic E-state index is 12.6.